The summed E-state index contributed by atoms with van der Waals surface area (Å²) >= 11 is 1.80. The molecule has 0 spiro atoms. The smallest absolute Gasteiger partial charge is 0.254 e. The molecule has 1 saturated heterocycles. The van der Waals surface area contributed by atoms with Gasteiger partial charge in [0.25, 0.3) is 5.91 Å². The number of anilines is 1. The third-order valence-corrected chi connectivity index (χ3v) is 4.87. The van der Waals surface area contributed by atoms with Crippen molar-refractivity contribution in [3.63, 3.8) is 0 Å². The van der Waals surface area contributed by atoms with Gasteiger partial charge in [0.2, 0.25) is 5.95 Å². The molecule has 2 aromatic rings. The summed E-state index contributed by atoms with van der Waals surface area (Å²) < 4.78 is 5.31. The van der Waals surface area contributed by atoms with E-state index in [9.17, 15) is 4.79 Å². The van der Waals surface area contributed by atoms with E-state index in [2.05, 4.69) is 32.3 Å². The normalized spacial score (nSPS) is 14.3. The van der Waals surface area contributed by atoms with E-state index in [-0.39, 0.29) is 5.91 Å². The molecule has 1 aliphatic rings. The van der Waals surface area contributed by atoms with Crippen molar-refractivity contribution in [1.82, 2.24) is 15.3 Å². The zero-order valence-electron chi connectivity index (χ0n) is 14.1. The second-order valence-electron chi connectivity index (χ2n) is 5.67. The second kappa shape index (κ2) is 9.39. The van der Waals surface area contributed by atoms with Crippen LogP contribution in [0, 0.1) is 0 Å². The lowest BCUT2D eigenvalue weighted by Gasteiger charge is -2.26. The number of amides is 1. The highest BCUT2D eigenvalue weighted by molar-refractivity contribution is 7.98. The minimum Gasteiger partial charge on any atom is -0.378 e. The number of nitrogens with zero attached hydrogens (tertiary/aromatic N) is 3. The monoisotopic (exact) mass is 358 g/mol. The van der Waals surface area contributed by atoms with Crippen LogP contribution in [0.4, 0.5) is 5.95 Å². The number of thioether (sulfide) groups is 1. The summed E-state index contributed by atoms with van der Waals surface area (Å²) in [4.78, 5) is 22.8. The van der Waals surface area contributed by atoms with Crippen LogP contribution in [0.3, 0.4) is 0 Å². The Hall–Kier alpha value is -2.12. The van der Waals surface area contributed by atoms with Crippen LogP contribution in [-0.2, 0) is 10.5 Å². The van der Waals surface area contributed by atoms with Crippen molar-refractivity contribution in [3.05, 3.63) is 53.9 Å². The maximum atomic E-state index is 12.1. The van der Waals surface area contributed by atoms with E-state index in [0.717, 1.165) is 24.6 Å². The number of ether oxygens (including phenoxy) is 1. The van der Waals surface area contributed by atoms with Crippen LogP contribution >= 0.6 is 11.8 Å². The highest BCUT2D eigenvalue weighted by atomic mass is 32.2. The second-order valence-corrected chi connectivity index (χ2v) is 6.77. The van der Waals surface area contributed by atoms with Gasteiger partial charge in [0.05, 0.1) is 18.8 Å². The van der Waals surface area contributed by atoms with Crippen molar-refractivity contribution in [2.45, 2.75) is 5.75 Å². The van der Waals surface area contributed by atoms with Crippen molar-refractivity contribution in [1.29, 1.82) is 0 Å². The maximum absolute atomic E-state index is 12.1. The summed E-state index contributed by atoms with van der Waals surface area (Å²) in [7, 11) is 0. The first kappa shape index (κ1) is 17.7. The number of morpholine rings is 1. The summed E-state index contributed by atoms with van der Waals surface area (Å²) in [5.41, 5.74) is 1.79. The number of hydrogen-bond acceptors (Lipinski definition) is 6. The predicted octanol–water partition coefficient (Wildman–Crippen LogP) is 1.98. The van der Waals surface area contributed by atoms with Gasteiger partial charge in [-0.1, -0.05) is 30.3 Å². The summed E-state index contributed by atoms with van der Waals surface area (Å²) in [6.45, 7) is 3.56. The van der Waals surface area contributed by atoms with Gasteiger partial charge < -0.3 is 15.0 Å². The molecule has 1 aromatic heterocycles. The van der Waals surface area contributed by atoms with Gasteiger partial charge in [-0.3, -0.25) is 4.79 Å². The maximum Gasteiger partial charge on any atom is 0.254 e. The van der Waals surface area contributed by atoms with Gasteiger partial charge in [-0.2, -0.15) is 11.8 Å². The molecule has 3 rings (SSSR count). The van der Waals surface area contributed by atoms with E-state index in [1.54, 1.807) is 24.2 Å². The zero-order chi connectivity index (χ0) is 17.3. The zero-order valence-corrected chi connectivity index (χ0v) is 14.9. The molecule has 132 valence electrons. The van der Waals surface area contributed by atoms with Crippen LogP contribution in [0.25, 0.3) is 0 Å². The van der Waals surface area contributed by atoms with Crippen LogP contribution in [0.2, 0.25) is 0 Å². The molecule has 0 bridgehead atoms. The van der Waals surface area contributed by atoms with Gasteiger partial charge in [0.1, 0.15) is 0 Å². The minimum absolute atomic E-state index is 0.131. The fraction of sp³-hybridized carbons (Fsp3) is 0.389. The molecule has 0 atom stereocenters. The molecule has 0 radical (unpaired) electrons. The molecule has 1 amide bonds. The Bertz CT molecular complexity index is 661. The van der Waals surface area contributed by atoms with Crippen molar-refractivity contribution in [2.24, 2.45) is 0 Å². The summed E-state index contributed by atoms with van der Waals surface area (Å²) in [6, 6.07) is 10.3. The van der Waals surface area contributed by atoms with Crippen LogP contribution in [-0.4, -0.2) is 54.5 Å². The molecule has 25 heavy (non-hydrogen) atoms. The van der Waals surface area contributed by atoms with Gasteiger partial charge in [0, 0.05) is 43.5 Å². The third kappa shape index (κ3) is 5.44. The van der Waals surface area contributed by atoms with E-state index < -0.39 is 0 Å². The molecule has 0 unspecified atom stereocenters. The number of hydrogen-bond donors (Lipinski definition) is 1. The van der Waals surface area contributed by atoms with E-state index in [1.807, 2.05) is 18.2 Å². The Balaban J connectivity index is 1.39. The van der Waals surface area contributed by atoms with E-state index >= 15 is 0 Å². The van der Waals surface area contributed by atoms with Gasteiger partial charge in [0.15, 0.2) is 0 Å². The average Bonchev–Trinajstić information content (AvgIpc) is 2.69. The van der Waals surface area contributed by atoms with E-state index in [1.165, 1.54) is 5.56 Å². The number of rotatable bonds is 7. The molecule has 2 heterocycles. The van der Waals surface area contributed by atoms with Crippen molar-refractivity contribution < 1.29 is 9.53 Å². The van der Waals surface area contributed by atoms with Crippen molar-refractivity contribution in [3.8, 4) is 0 Å². The minimum atomic E-state index is -0.131. The number of nitrogens with one attached hydrogen (secondary N) is 1. The van der Waals surface area contributed by atoms with Crippen LogP contribution in [0.5, 0.6) is 0 Å². The Morgan fingerprint density at radius 3 is 2.60 bits per heavy atom. The van der Waals surface area contributed by atoms with Gasteiger partial charge in [-0.15, -0.1) is 0 Å². The molecule has 1 N–H and O–H groups in total. The Morgan fingerprint density at radius 2 is 1.88 bits per heavy atom. The topological polar surface area (TPSA) is 67.4 Å². The van der Waals surface area contributed by atoms with E-state index in [0.29, 0.717) is 31.3 Å². The Labute approximate surface area is 152 Å². The highest BCUT2D eigenvalue weighted by Gasteiger charge is 2.14. The van der Waals surface area contributed by atoms with E-state index in [4.69, 9.17) is 4.74 Å². The number of benzene rings is 1. The predicted molar refractivity (Wildman–Crippen MR) is 100 cm³/mol. The largest absolute Gasteiger partial charge is 0.378 e. The Kier molecular flexibility index (Phi) is 6.64. The molecule has 0 aliphatic carbocycles. The first-order valence-corrected chi connectivity index (χ1v) is 9.53. The van der Waals surface area contributed by atoms with Gasteiger partial charge in [-0.25, -0.2) is 9.97 Å². The quantitative estimate of drug-likeness (QED) is 0.764. The lowest BCUT2D eigenvalue weighted by atomic mass is 10.2. The molecule has 1 fully saturated rings. The fourth-order valence-electron chi connectivity index (χ4n) is 2.47. The first-order chi connectivity index (χ1) is 12.3. The van der Waals surface area contributed by atoms with Gasteiger partial charge >= 0.3 is 0 Å². The fourth-order valence-corrected chi connectivity index (χ4v) is 3.29. The lowest BCUT2D eigenvalue weighted by molar-refractivity contribution is 0.0955. The summed E-state index contributed by atoms with van der Waals surface area (Å²) in [6.07, 6.45) is 3.18. The number of carbonyl (C=O) groups excluding carboxylic acids is 1. The van der Waals surface area contributed by atoms with Crippen molar-refractivity contribution in [2.75, 3.05) is 43.5 Å². The molecule has 0 saturated carbocycles. The number of aromatic nitrogens is 2. The lowest BCUT2D eigenvalue weighted by Crippen LogP contribution is -2.37. The molecular formula is C18H22N4O2S. The molecular weight excluding hydrogens is 336 g/mol. The SMILES string of the molecule is O=C(NCCSCc1ccccc1)c1cnc(N2CCOCC2)nc1. The first-order valence-electron chi connectivity index (χ1n) is 8.37. The van der Waals surface area contributed by atoms with Gasteiger partial charge in [-0.05, 0) is 5.56 Å². The molecule has 6 nitrogen and oxygen atoms in total. The molecule has 1 aliphatic heterocycles. The standard InChI is InChI=1S/C18H22N4O2S/c23-17(19-6-11-25-14-15-4-2-1-3-5-15)16-12-20-18(21-13-16)22-7-9-24-10-8-22/h1-5,12-13H,6-11,14H2,(H,19,23). The van der Waals surface area contributed by atoms with Crippen molar-refractivity contribution >= 4 is 23.6 Å². The van der Waals surface area contributed by atoms with Crippen LogP contribution < -0.4 is 10.2 Å². The average molecular weight is 358 g/mol. The summed E-state index contributed by atoms with van der Waals surface area (Å²) in [5, 5.41) is 2.91. The molecule has 7 heteroatoms. The number of carbonyl (C=O) groups is 1. The Morgan fingerprint density at radius 1 is 1.16 bits per heavy atom. The van der Waals surface area contributed by atoms with Crippen LogP contribution in [0.15, 0.2) is 42.7 Å². The summed E-state index contributed by atoms with van der Waals surface area (Å²) in [5.74, 6) is 2.34. The highest BCUT2D eigenvalue weighted by Crippen LogP contribution is 2.11. The third-order valence-electron chi connectivity index (χ3n) is 3.84. The molecule has 1 aromatic carbocycles. The van der Waals surface area contributed by atoms with Crippen LogP contribution in [0.1, 0.15) is 15.9 Å².